The summed E-state index contributed by atoms with van der Waals surface area (Å²) in [4.78, 5) is 0. The van der Waals surface area contributed by atoms with Crippen LogP contribution in [0.25, 0.3) is 0 Å². The Kier molecular flexibility index (Phi) is 5.97. The summed E-state index contributed by atoms with van der Waals surface area (Å²) < 4.78 is 6.02. The Morgan fingerprint density at radius 1 is 1.11 bits per heavy atom. The molecule has 2 nitrogen and oxygen atoms in total. The molecule has 0 aliphatic carbocycles. The number of nitrogens with one attached hydrogen (secondary N) is 1. The predicted molar refractivity (Wildman–Crippen MR) is 76.8 cm³/mol. The molecule has 0 aromatic heterocycles. The highest BCUT2D eigenvalue weighted by atomic mass is 16.5. The Hall–Kier alpha value is -0.0800. The smallest absolute Gasteiger partial charge is 0.0623 e. The summed E-state index contributed by atoms with van der Waals surface area (Å²) >= 11 is 0. The molecule has 0 amide bonds. The lowest BCUT2D eigenvalue weighted by Crippen LogP contribution is -2.40. The standard InChI is InChI=1S/C16H31NO/c1-3-5-6-7-8-9-15(17-4-2)14-12-13-10-11-16(14)18-13/h13-17H,3-12H2,1-2H3. The predicted octanol–water partition coefficient (Wildman–Crippen LogP) is 3.89. The average Bonchev–Trinajstić information content (AvgIpc) is 2.99. The van der Waals surface area contributed by atoms with Crippen LogP contribution in [0.3, 0.4) is 0 Å². The Morgan fingerprint density at radius 3 is 2.56 bits per heavy atom. The molecule has 0 aromatic rings. The van der Waals surface area contributed by atoms with E-state index in [0.717, 1.165) is 12.5 Å². The largest absolute Gasteiger partial charge is 0.375 e. The van der Waals surface area contributed by atoms with E-state index in [1.165, 1.54) is 57.8 Å². The van der Waals surface area contributed by atoms with Crippen LogP contribution in [-0.2, 0) is 4.74 Å². The van der Waals surface area contributed by atoms with E-state index in [1.807, 2.05) is 0 Å². The van der Waals surface area contributed by atoms with Crippen LogP contribution in [0.1, 0.15) is 71.6 Å². The molecule has 2 rings (SSSR count). The van der Waals surface area contributed by atoms with E-state index in [9.17, 15) is 0 Å². The van der Waals surface area contributed by atoms with Crippen molar-refractivity contribution in [3.8, 4) is 0 Å². The van der Waals surface area contributed by atoms with Crippen LogP contribution in [0.2, 0.25) is 0 Å². The molecule has 1 N–H and O–H groups in total. The minimum Gasteiger partial charge on any atom is -0.375 e. The summed E-state index contributed by atoms with van der Waals surface area (Å²) in [5.41, 5.74) is 0. The van der Waals surface area contributed by atoms with Crippen molar-refractivity contribution in [2.24, 2.45) is 5.92 Å². The fraction of sp³-hybridized carbons (Fsp3) is 1.00. The van der Waals surface area contributed by atoms with Crippen LogP contribution >= 0.6 is 0 Å². The van der Waals surface area contributed by atoms with Crippen molar-refractivity contribution in [1.29, 1.82) is 0 Å². The molecule has 2 aliphatic rings. The van der Waals surface area contributed by atoms with Crippen molar-refractivity contribution in [2.75, 3.05) is 6.54 Å². The molecule has 2 fully saturated rings. The van der Waals surface area contributed by atoms with Crippen molar-refractivity contribution in [2.45, 2.75) is 89.9 Å². The second-order valence-corrected chi connectivity index (χ2v) is 6.14. The fourth-order valence-corrected chi connectivity index (χ4v) is 3.80. The maximum absolute atomic E-state index is 6.02. The van der Waals surface area contributed by atoms with Gasteiger partial charge in [0, 0.05) is 12.0 Å². The second kappa shape index (κ2) is 7.49. The molecule has 0 spiro atoms. The summed E-state index contributed by atoms with van der Waals surface area (Å²) in [5.74, 6) is 0.801. The summed E-state index contributed by atoms with van der Waals surface area (Å²) in [6, 6.07) is 0.715. The molecular weight excluding hydrogens is 222 g/mol. The van der Waals surface area contributed by atoms with Gasteiger partial charge in [-0.3, -0.25) is 0 Å². The quantitative estimate of drug-likeness (QED) is 0.629. The lowest BCUT2D eigenvalue weighted by Gasteiger charge is -2.29. The Balaban J connectivity index is 1.70. The molecule has 0 radical (unpaired) electrons. The summed E-state index contributed by atoms with van der Waals surface area (Å²) in [6.45, 7) is 5.62. The summed E-state index contributed by atoms with van der Waals surface area (Å²) in [5, 5.41) is 3.72. The van der Waals surface area contributed by atoms with Gasteiger partial charge in [0.05, 0.1) is 12.2 Å². The molecule has 4 unspecified atom stereocenters. The van der Waals surface area contributed by atoms with Crippen LogP contribution in [-0.4, -0.2) is 24.8 Å². The van der Waals surface area contributed by atoms with E-state index in [4.69, 9.17) is 4.74 Å². The zero-order chi connectivity index (χ0) is 12.8. The lowest BCUT2D eigenvalue weighted by molar-refractivity contribution is 0.0848. The van der Waals surface area contributed by atoms with E-state index in [-0.39, 0.29) is 0 Å². The van der Waals surface area contributed by atoms with Gasteiger partial charge in [0.25, 0.3) is 0 Å². The highest BCUT2D eigenvalue weighted by Gasteiger charge is 2.43. The number of unbranched alkanes of at least 4 members (excludes halogenated alkanes) is 4. The van der Waals surface area contributed by atoms with Crippen LogP contribution in [0.4, 0.5) is 0 Å². The first-order chi connectivity index (χ1) is 8.85. The zero-order valence-electron chi connectivity index (χ0n) is 12.3. The van der Waals surface area contributed by atoms with Gasteiger partial charge in [-0.15, -0.1) is 0 Å². The van der Waals surface area contributed by atoms with Crippen molar-refractivity contribution < 1.29 is 4.74 Å². The molecule has 0 aromatic carbocycles. The van der Waals surface area contributed by atoms with Gasteiger partial charge in [0.15, 0.2) is 0 Å². The van der Waals surface area contributed by atoms with E-state index in [2.05, 4.69) is 19.2 Å². The van der Waals surface area contributed by atoms with Gasteiger partial charge in [0.2, 0.25) is 0 Å². The number of rotatable bonds is 9. The topological polar surface area (TPSA) is 21.3 Å². The van der Waals surface area contributed by atoms with E-state index >= 15 is 0 Å². The van der Waals surface area contributed by atoms with Crippen LogP contribution < -0.4 is 5.32 Å². The number of hydrogen-bond donors (Lipinski definition) is 1. The Bertz CT molecular complexity index is 231. The molecule has 4 atom stereocenters. The van der Waals surface area contributed by atoms with Crippen LogP contribution in [0.15, 0.2) is 0 Å². The average molecular weight is 253 g/mol. The van der Waals surface area contributed by atoms with E-state index in [1.54, 1.807) is 0 Å². The van der Waals surface area contributed by atoms with Gasteiger partial charge in [-0.2, -0.15) is 0 Å². The molecule has 2 aliphatic heterocycles. The highest BCUT2D eigenvalue weighted by molar-refractivity contribution is 4.95. The first-order valence-electron chi connectivity index (χ1n) is 8.24. The van der Waals surface area contributed by atoms with Crippen molar-refractivity contribution >= 4 is 0 Å². The Morgan fingerprint density at radius 2 is 1.94 bits per heavy atom. The lowest BCUT2D eigenvalue weighted by atomic mass is 9.82. The number of fused-ring (bicyclic) bond motifs is 2. The third kappa shape index (κ3) is 3.71. The van der Waals surface area contributed by atoms with Crippen LogP contribution in [0.5, 0.6) is 0 Å². The minimum absolute atomic E-state index is 0.578. The Labute approximate surface area is 113 Å². The number of hydrogen-bond acceptors (Lipinski definition) is 2. The van der Waals surface area contributed by atoms with Crippen molar-refractivity contribution in [3.63, 3.8) is 0 Å². The normalized spacial score (nSPS) is 32.0. The molecular formula is C16H31NO. The van der Waals surface area contributed by atoms with Crippen molar-refractivity contribution in [3.05, 3.63) is 0 Å². The van der Waals surface area contributed by atoms with Gasteiger partial charge in [-0.25, -0.2) is 0 Å². The van der Waals surface area contributed by atoms with E-state index in [0.29, 0.717) is 18.2 Å². The molecule has 2 saturated heterocycles. The maximum atomic E-state index is 6.02. The summed E-state index contributed by atoms with van der Waals surface area (Å²) in [6.07, 6.45) is 13.5. The molecule has 106 valence electrons. The minimum atomic E-state index is 0.578. The van der Waals surface area contributed by atoms with Gasteiger partial charge < -0.3 is 10.1 Å². The molecule has 18 heavy (non-hydrogen) atoms. The first-order valence-corrected chi connectivity index (χ1v) is 8.24. The third-order valence-corrected chi connectivity index (χ3v) is 4.75. The molecule has 2 heterocycles. The third-order valence-electron chi connectivity index (χ3n) is 4.75. The molecule has 2 bridgehead atoms. The van der Waals surface area contributed by atoms with Gasteiger partial charge >= 0.3 is 0 Å². The SMILES string of the molecule is CCCCCCCC(NCC)C1CC2CCC1O2. The van der Waals surface area contributed by atoms with Crippen LogP contribution in [0, 0.1) is 5.92 Å². The zero-order valence-corrected chi connectivity index (χ0v) is 12.3. The van der Waals surface area contributed by atoms with Gasteiger partial charge in [0.1, 0.15) is 0 Å². The fourth-order valence-electron chi connectivity index (χ4n) is 3.80. The van der Waals surface area contributed by atoms with Gasteiger partial charge in [-0.05, 0) is 32.2 Å². The maximum Gasteiger partial charge on any atom is 0.0623 e. The van der Waals surface area contributed by atoms with E-state index < -0.39 is 0 Å². The molecule has 0 saturated carbocycles. The number of ether oxygens (including phenoxy) is 1. The monoisotopic (exact) mass is 253 g/mol. The second-order valence-electron chi connectivity index (χ2n) is 6.14. The van der Waals surface area contributed by atoms with Crippen molar-refractivity contribution in [1.82, 2.24) is 5.32 Å². The highest BCUT2D eigenvalue weighted by Crippen LogP contribution is 2.41. The summed E-state index contributed by atoms with van der Waals surface area (Å²) in [7, 11) is 0. The molecule has 2 heteroatoms. The first kappa shape index (κ1) is 14.3. The van der Waals surface area contributed by atoms with Gasteiger partial charge in [-0.1, -0.05) is 46.0 Å².